The lowest BCUT2D eigenvalue weighted by Gasteiger charge is -2.72. The van der Waals surface area contributed by atoms with Crippen LogP contribution in [0.4, 0.5) is 0 Å². The van der Waals surface area contributed by atoms with E-state index in [-0.39, 0.29) is 98.3 Å². The normalized spacial score (nSPS) is 34.6. The van der Waals surface area contributed by atoms with Crippen molar-refractivity contribution in [3.8, 4) is 0 Å². The zero-order valence-electron chi connectivity index (χ0n) is 42.8. The molecule has 2 aromatic rings. The number of nitrogens with one attached hydrogen (secondary N) is 1. The molecule has 2 aromatic carbocycles. The molecule has 68 heavy (non-hydrogen) atoms. The Hall–Kier alpha value is -4.21. The van der Waals surface area contributed by atoms with Crippen LogP contribution in [0.2, 0.25) is 0 Å². The summed E-state index contributed by atoms with van der Waals surface area (Å²) in [5.41, 5.74) is 1.56. The number of amides is 1. The van der Waals surface area contributed by atoms with Gasteiger partial charge >= 0.3 is 12.1 Å². The molecular weight excluding hydrogens is 875 g/mol. The number of carbonyl (C=O) groups excluding carboxylic acids is 6. The van der Waals surface area contributed by atoms with Gasteiger partial charge in [0.2, 0.25) is 5.91 Å². The Morgan fingerprint density at radius 2 is 1.44 bits per heavy atom. The van der Waals surface area contributed by atoms with Gasteiger partial charge in [-0.3, -0.25) is 19.2 Å². The van der Waals surface area contributed by atoms with Crippen LogP contribution in [0.25, 0.3) is 0 Å². The van der Waals surface area contributed by atoms with Gasteiger partial charge in [-0.05, 0) is 144 Å². The quantitative estimate of drug-likeness (QED) is 0.171. The molecule has 6 aliphatic rings. The topological polar surface area (TPSA) is 158 Å². The van der Waals surface area contributed by atoms with Crippen LogP contribution >= 0.6 is 0 Å². The first-order valence-electron chi connectivity index (χ1n) is 25.2. The third-order valence-electron chi connectivity index (χ3n) is 19.9. The third-order valence-corrected chi connectivity index (χ3v) is 21.0. The van der Waals surface area contributed by atoms with Crippen molar-refractivity contribution in [2.75, 3.05) is 6.26 Å². The number of rotatable bonds is 11. The maximum atomic E-state index is 14.6. The van der Waals surface area contributed by atoms with Crippen molar-refractivity contribution in [2.24, 2.45) is 68.0 Å². The second kappa shape index (κ2) is 17.9. The Bertz CT molecular complexity index is 2500. The molecule has 0 aromatic heterocycles. The van der Waals surface area contributed by atoms with E-state index in [0.29, 0.717) is 29.7 Å². The van der Waals surface area contributed by atoms with Crippen LogP contribution in [0.1, 0.15) is 163 Å². The van der Waals surface area contributed by atoms with E-state index in [9.17, 15) is 27.6 Å². The Labute approximate surface area is 405 Å². The van der Waals surface area contributed by atoms with Crippen molar-refractivity contribution >= 4 is 39.4 Å². The number of ether oxygens (including phenoxy) is 1. The van der Waals surface area contributed by atoms with E-state index in [1.807, 2.05) is 0 Å². The van der Waals surface area contributed by atoms with E-state index in [0.717, 1.165) is 75.2 Å². The fraction of sp³-hybridized carbons (Fsp3) is 0.667. The molecule has 1 amide bonds. The minimum atomic E-state index is -3.41. The number of sulfone groups is 1. The van der Waals surface area contributed by atoms with Gasteiger partial charge in [0.15, 0.2) is 21.4 Å². The highest BCUT2D eigenvalue weighted by Crippen LogP contribution is 2.76. The molecule has 0 bridgehead atoms. The van der Waals surface area contributed by atoms with Gasteiger partial charge in [0.1, 0.15) is 6.10 Å². The first-order chi connectivity index (χ1) is 31.5. The van der Waals surface area contributed by atoms with E-state index in [2.05, 4.69) is 98.0 Å². The summed E-state index contributed by atoms with van der Waals surface area (Å²) in [5.74, 6) is 1.05. The minimum absolute atomic E-state index is 0.000275. The van der Waals surface area contributed by atoms with Gasteiger partial charge in [-0.1, -0.05) is 119 Å². The van der Waals surface area contributed by atoms with Gasteiger partial charge in [0, 0.05) is 30.1 Å². The molecule has 0 radical (unpaired) electrons. The van der Waals surface area contributed by atoms with Crippen LogP contribution in [-0.4, -0.2) is 55.9 Å². The summed E-state index contributed by atoms with van der Waals surface area (Å²) in [5, 5.41) is 3.50. The average Bonchev–Trinajstić information content (AvgIpc) is 3.55. The van der Waals surface area contributed by atoms with Gasteiger partial charge < -0.3 is 10.1 Å². The van der Waals surface area contributed by atoms with Gasteiger partial charge in [-0.25, -0.2) is 8.42 Å². The summed E-state index contributed by atoms with van der Waals surface area (Å²) in [7, 11) is -3.41. The number of ketones is 2. The smallest absolute Gasteiger partial charge is 0.373 e. The van der Waals surface area contributed by atoms with Crippen molar-refractivity contribution in [2.45, 2.75) is 170 Å². The van der Waals surface area contributed by atoms with Gasteiger partial charge in [0.05, 0.1) is 21.8 Å². The number of hydrogen-bond acceptors (Lipinski definition) is 9. The molecule has 5 saturated carbocycles. The predicted octanol–water partition coefficient (Wildman–Crippen LogP) is 10.8. The highest BCUT2D eigenvalue weighted by atomic mass is 32.2. The van der Waals surface area contributed by atoms with E-state index >= 15 is 0 Å². The lowest BCUT2D eigenvalue weighted by atomic mass is 9.33. The molecule has 0 unspecified atom stereocenters. The molecule has 0 saturated heterocycles. The van der Waals surface area contributed by atoms with Crippen molar-refractivity contribution in [3.63, 3.8) is 0 Å². The van der Waals surface area contributed by atoms with Gasteiger partial charge in [0.25, 0.3) is 0 Å². The molecule has 5 fully saturated rings. The molecular formula is C57H77NO9S. The standard InChI is InChI=1S/C56H77NO7S.CO2/c1-34(2)46-42(59)33-56(57-49(61)50(3,4)32-41(58)36-18-20-38(21-19-36)65(12,62)63)29-28-54(10)39(47(46)56)22-23-44-53(9)26-25-45(52(7,8)43(53)24-27-55(44,54)11)64-48(60)40-31-37(51(40,5)6)30-35-16-14-13-15-17-35;2-1-3/h13-21,34,37,39-40,43-45H,22-33H2,1-12H3,(H,57,61);/t37-,39-,40-,43+,44-,45+,53+,54-,55-,56-;/m1./s1. The molecule has 10 nitrogen and oxygen atoms in total. The Morgan fingerprint density at radius 3 is 2.03 bits per heavy atom. The summed E-state index contributed by atoms with van der Waals surface area (Å²) in [6, 6.07) is 16.5. The summed E-state index contributed by atoms with van der Waals surface area (Å²) < 4.78 is 30.7. The fourth-order valence-electron chi connectivity index (χ4n) is 15.7. The van der Waals surface area contributed by atoms with Crippen LogP contribution in [-0.2, 0) is 45.0 Å². The van der Waals surface area contributed by atoms with Crippen LogP contribution in [0.15, 0.2) is 70.6 Å². The number of Topliss-reactive ketones (excluding diaryl/α,β-unsaturated/α-hetero) is 2. The summed E-state index contributed by atoms with van der Waals surface area (Å²) >= 11 is 0. The van der Waals surface area contributed by atoms with Crippen molar-refractivity contribution in [1.82, 2.24) is 5.32 Å². The second-order valence-corrected chi connectivity index (χ2v) is 26.9. The van der Waals surface area contributed by atoms with E-state index in [1.165, 1.54) is 29.8 Å². The van der Waals surface area contributed by atoms with Crippen molar-refractivity contribution < 1.29 is 41.9 Å². The third kappa shape index (κ3) is 8.51. The van der Waals surface area contributed by atoms with Crippen molar-refractivity contribution in [3.05, 3.63) is 76.9 Å². The molecule has 1 N–H and O–H groups in total. The van der Waals surface area contributed by atoms with Crippen LogP contribution in [0.3, 0.4) is 0 Å². The van der Waals surface area contributed by atoms with Gasteiger partial charge in [-0.15, -0.1) is 0 Å². The Kier molecular flexibility index (Phi) is 13.6. The predicted molar refractivity (Wildman–Crippen MR) is 261 cm³/mol. The largest absolute Gasteiger partial charge is 0.462 e. The monoisotopic (exact) mass is 952 g/mol. The molecule has 11 heteroatoms. The zero-order valence-corrected chi connectivity index (χ0v) is 43.6. The average molecular weight is 952 g/mol. The molecule has 0 spiro atoms. The zero-order chi connectivity index (χ0) is 50.2. The number of esters is 1. The Morgan fingerprint density at radius 1 is 0.809 bits per heavy atom. The summed E-state index contributed by atoms with van der Waals surface area (Å²) in [6.07, 6.45) is 11.0. The lowest BCUT2D eigenvalue weighted by molar-refractivity contribution is -0.235. The Balaban J connectivity index is 0.00000222. The molecule has 0 heterocycles. The number of benzene rings is 2. The SMILES string of the molecule is CC(C)C1=C2[C@H]3CC[C@@H]4[C@@]5(C)CC[C@H](OC(=O)[C@H]6C[C@@H](Cc7ccccc7)C6(C)C)C(C)(C)[C@@H]5CC[C@@]4(C)[C@]3(C)CC[C@@]2(NC(=O)C(C)(C)CC(=O)c2ccc(S(C)(=O)=O)cc2)CC1=O.O=C=O. The fourth-order valence-corrected chi connectivity index (χ4v) is 16.3. The van der Waals surface area contributed by atoms with Gasteiger partial charge in [-0.2, -0.15) is 9.59 Å². The summed E-state index contributed by atoms with van der Waals surface area (Å²) in [4.78, 5) is 72.9. The van der Waals surface area contributed by atoms with E-state index in [1.54, 1.807) is 13.8 Å². The highest BCUT2D eigenvalue weighted by Gasteiger charge is 2.70. The summed E-state index contributed by atoms with van der Waals surface area (Å²) in [6.45, 7) is 24.7. The number of fused-ring (bicyclic) bond motifs is 7. The molecule has 10 atom stereocenters. The highest BCUT2D eigenvalue weighted by molar-refractivity contribution is 7.90. The molecule has 8 rings (SSSR count). The molecule has 0 aliphatic heterocycles. The number of carbonyl (C=O) groups is 4. The van der Waals surface area contributed by atoms with Crippen LogP contribution in [0, 0.1) is 68.0 Å². The van der Waals surface area contributed by atoms with E-state index < -0.39 is 20.8 Å². The minimum Gasteiger partial charge on any atom is -0.462 e. The number of hydrogen-bond donors (Lipinski definition) is 1. The van der Waals surface area contributed by atoms with E-state index in [4.69, 9.17) is 14.3 Å². The number of allylic oxidation sites excluding steroid dienone is 1. The first kappa shape index (κ1) is 51.6. The maximum absolute atomic E-state index is 14.6. The van der Waals surface area contributed by atoms with Crippen molar-refractivity contribution in [1.29, 1.82) is 0 Å². The van der Waals surface area contributed by atoms with Crippen LogP contribution in [0.5, 0.6) is 0 Å². The van der Waals surface area contributed by atoms with Crippen LogP contribution < -0.4 is 5.32 Å². The molecule has 370 valence electrons. The molecule has 6 aliphatic carbocycles. The maximum Gasteiger partial charge on any atom is 0.373 e. The second-order valence-electron chi connectivity index (χ2n) is 24.9. The lowest BCUT2D eigenvalue weighted by Crippen LogP contribution is -2.67. The first-order valence-corrected chi connectivity index (χ1v) is 27.1.